The maximum absolute atomic E-state index is 6.14. The van der Waals surface area contributed by atoms with Gasteiger partial charge in [-0.2, -0.15) is 4.98 Å². The van der Waals surface area contributed by atoms with Gasteiger partial charge in [-0.1, -0.05) is 39.3 Å². The van der Waals surface area contributed by atoms with E-state index in [2.05, 4.69) is 26.1 Å². The zero-order valence-corrected chi connectivity index (χ0v) is 10.7. The molecule has 1 aliphatic carbocycles. The third-order valence-electron chi connectivity index (χ3n) is 2.90. The number of hydrogen-bond acceptors (Lipinski definition) is 4. The van der Waals surface area contributed by atoms with Crippen LogP contribution in [0.25, 0.3) is 0 Å². The van der Waals surface area contributed by atoms with Crippen LogP contribution >= 0.6 is 15.9 Å². The molecule has 5 heteroatoms. The topological polar surface area (TPSA) is 64.9 Å². The van der Waals surface area contributed by atoms with E-state index in [-0.39, 0.29) is 6.04 Å². The summed E-state index contributed by atoms with van der Waals surface area (Å²) < 4.78 is 6.18. The maximum Gasteiger partial charge on any atom is 0.229 e. The van der Waals surface area contributed by atoms with Crippen molar-refractivity contribution in [3.05, 3.63) is 46.0 Å². The summed E-state index contributed by atoms with van der Waals surface area (Å²) in [5.74, 6) is 1.74. The Labute approximate surface area is 107 Å². The smallest absolute Gasteiger partial charge is 0.229 e. The van der Waals surface area contributed by atoms with Crippen LogP contribution in [0.4, 0.5) is 0 Å². The molecule has 3 rings (SSSR count). The van der Waals surface area contributed by atoms with E-state index in [9.17, 15) is 0 Å². The maximum atomic E-state index is 6.14. The van der Waals surface area contributed by atoms with Gasteiger partial charge in [0.2, 0.25) is 5.89 Å². The molecule has 1 aromatic carbocycles. The molecule has 0 amide bonds. The van der Waals surface area contributed by atoms with Crippen LogP contribution in [0, 0.1) is 0 Å². The van der Waals surface area contributed by atoms with Crippen LogP contribution in [0.15, 0.2) is 33.3 Å². The highest BCUT2D eigenvalue weighted by atomic mass is 79.9. The lowest BCUT2D eigenvalue weighted by Gasteiger charge is -2.08. The summed E-state index contributed by atoms with van der Waals surface area (Å²) in [5.41, 5.74) is 7.10. The van der Waals surface area contributed by atoms with Crippen molar-refractivity contribution in [2.75, 3.05) is 0 Å². The van der Waals surface area contributed by atoms with E-state index >= 15 is 0 Å². The minimum Gasteiger partial charge on any atom is -0.339 e. The zero-order valence-electron chi connectivity index (χ0n) is 9.14. The fraction of sp³-hybridized carbons (Fsp3) is 0.333. The van der Waals surface area contributed by atoms with Crippen molar-refractivity contribution in [2.24, 2.45) is 5.73 Å². The minimum absolute atomic E-state index is 0.346. The summed E-state index contributed by atoms with van der Waals surface area (Å²) in [4.78, 5) is 4.37. The standard InChI is InChI=1S/C12H12BrN3O/c13-9-4-2-1-3-8(9)10(14)11-15-12(17-16-11)7-5-6-7/h1-4,7,10H,5-6,14H2. The first-order chi connectivity index (χ1) is 8.25. The monoisotopic (exact) mass is 293 g/mol. The molecular formula is C12H12BrN3O. The van der Waals surface area contributed by atoms with Gasteiger partial charge in [-0.25, -0.2) is 0 Å². The number of halogens is 1. The van der Waals surface area contributed by atoms with Crippen LogP contribution in [0.5, 0.6) is 0 Å². The second-order valence-electron chi connectivity index (χ2n) is 4.26. The summed E-state index contributed by atoms with van der Waals surface area (Å²) in [6, 6.07) is 7.47. The van der Waals surface area contributed by atoms with Crippen LogP contribution in [-0.2, 0) is 0 Å². The van der Waals surface area contributed by atoms with E-state index in [1.165, 1.54) is 0 Å². The number of hydrogen-bond donors (Lipinski definition) is 1. The molecule has 0 saturated heterocycles. The molecule has 1 unspecified atom stereocenters. The molecule has 1 aliphatic rings. The Morgan fingerprint density at radius 2 is 2.12 bits per heavy atom. The van der Waals surface area contributed by atoms with Crippen molar-refractivity contribution in [2.45, 2.75) is 24.8 Å². The first-order valence-corrected chi connectivity index (χ1v) is 6.38. The molecule has 2 N–H and O–H groups in total. The van der Waals surface area contributed by atoms with Crippen LogP contribution in [0.3, 0.4) is 0 Å². The van der Waals surface area contributed by atoms with Gasteiger partial charge < -0.3 is 10.3 Å². The molecule has 0 bridgehead atoms. The summed E-state index contributed by atoms with van der Waals surface area (Å²) in [6.45, 7) is 0. The number of rotatable bonds is 3. The number of nitrogens with zero attached hydrogens (tertiary/aromatic N) is 2. The molecule has 0 aliphatic heterocycles. The number of nitrogens with two attached hydrogens (primary N) is 1. The fourth-order valence-electron chi connectivity index (χ4n) is 1.74. The van der Waals surface area contributed by atoms with Gasteiger partial charge in [-0.05, 0) is 24.5 Å². The summed E-state index contributed by atoms with van der Waals surface area (Å²) in [5, 5.41) is 3.96. The van der Waals surface area contributed by atoms with Crippen molar-refractivity contribution in [3.63, 3.8) is 0 Å². The highest BCUT2D eigenvalue weighted by molar-refractivity contribution is 9.10. The van der Waals surface area contributed by atoms with Gasteiger partial charge in [0.1, 0.15) is 0 Å². The second-order valence-corrected chi connectivity index (χ2v) is 5.12. The molecular weight excluding hydrogens is 282 g/mol. The Kier molecular flexibility index (Phi) is 2.72. The summed E-state index contributed by atoms with van der Waals surface area (Å²) in [7, 11) is 0. The van der Waals surface area contributed by atoms with Gasteiger partial charge in [0, 0.05) is 10.4 Å². The second kappa shape index (κ2) is 4.23. The van der Waals surface area contributed by atoms with Crippen LogP contribution in [0.1, 0.15) is 42.1 Å². The van der Waals surface area contributed by atoms with Gasteiger partial charge in [-0.3, -0.25) is 0 Å². The Morgan fingerprint density at radius 1 is 1.35 bits per heavy atom. The molecule has 2 aromatic rings. The van der Waals surface area contributed by atoms with Crippen LogP contribution in [0.2, 0.25) is 0 Å². The molecule has 17 heavy (non-hydrogen) atoms. The van der Waals surface area contributed by atoms with Gasteiger partial charge in [-0.15, -0.1) is 0 Å². The van der Waals surface area contributed by atoms with E-state index in [4.69, 9.17) is 10.3 Å². The number of benzene rings is 1. The Bertz CT molecular complexity index is 536. The lowest BCUT2D eigenvalue weighted by atomic mass is 10.1. The quantitative estimate of drug-likeness (QED) is 0.945. The highest BCUT2D eigenvalue weighted by Gasteiger charge is 2.30. The molecule has 88 valence electrons. The summed E-state index contributed by atoms with van der Waals surface area (Å²) in [6.07, 6.45) is 2.29. The normalized spacial score (nSPS) is 17.1. The predicted molar refractivity (Wildman–Crippen MR) is 66.4 cm³/mol. The van der Waals surface area contributed by atoms with E-state index < -0.39 is 0 Å². The molecule has 1 atom stereocenters. The average Bonchev–Trinajstić information content (AvgIpc) is 3.07. The van der Waals surface area contributed by atoms with Gasteiger partial charge in [0.05, 0.1) is 6.04 Å². The van der Waals surface area contributed by atoms with E-state index in [0.717, 1.165) is 28.8 Å². The minimum atomic E-state index is -0.346. The van der Waals surface area contributed by atoms with Crippen molar-refractivity contribution in [3.8, 4) is 0 Å². The molecule has 4 nitrogen and oxygen atoms in total. The SMILES string of the molecule is NC(c1noc(C2CC2)n1)c1ccccc1Br. The van der Waals surface area contributed by atoms with Crippen molar-refractivity contribution < 1.29 is 4.52 Å². The first kappa shape index (κ1) is 10.9. The van der Waals surface area contributed by atoms with Crippen molar-refractivity contribution in [1.82, 2.24) is 10.1 Å². The average molecular weight is 294 g/mol. The molecule has 0 radical (unpaired) electrons. The highest BCUT2D eigenvalue weighted by Crippen LogP contribution is 2.39. The van der Waals surface area contributed by atoms with E-state index in [0.29, 0.717) is 11.7 Å². The van der Waals surface area contributed by atoms with Crippen LogP contribution in [-0.4, -0.2) is 10.1 Å². The van der Waals surface area contributed by atoms with Gasteiger partial charge in [0.15, 0.2) is 5.82 Å². The Morgan fingerprint density at radius 3 is 2.82 bits per heavy atom. The van der Waals surface area contributed by atoms with E-state index in [1.54, 1.807) is 0 Å². The van der Waals surface area contributed by atoms with E-state index in [1.807, 2.05) is 24.3 Å². The third-order valence-corrected chi connectivity index (χ3v) is 3.62. The molecule has 0 spiro atoms. The van der Waals surface area contributed by atoms with Gasteiger partial charge >= 0.3 is 0 Å². The lowest BCUT2D eigenvalue weighted by molar-refractivity contribution is 0.372. The first-order valence-electron chi connectivity index (χ1n) is 5.59. The number of aromatic nitrogens is 2. The van der Waals surface area contributed by atoms with Crippen molar-refractivity contribution in [1.29, 1.82) is 0 Å². The molecule has 1 heterocycles. The lowest BCUT2D eigenvalue weighted by Crippen LogP contribution is -2.14. The fourth-order valence-corrected chi connectivity index (χ4v) is 2.27. The Hall–Kier alpha value is -1.20. The van der Waals surface area contributed by atoms with Gasteiger partial charge in [0.25, 0.3) is 0 Å². The molecule has 1 aromatic heterocycles. The van der Waals surface area contributed by atoms with Crippen LogP contribution < -0.4 is 5.73 Å². The predicted octanol–water partition coefficient (Wildman–Crippen LogP) is 2.76. The largest absolute Gasteiger partial charge is 0.339 e. The Balaban J connectivity index is 1.89. The third kappa shape index (κ3) is 2.12. The molecule has 1 fully saturated rings. The van der Waals surface area contributed by atoms with Crippen molar-refractivity contribution >= 4 is 15.9 Å². The summed E-state index contributed by atoms with van der Waals surface area (Å²) >= 11 is 3.48. The molecule has 1 saturated carbocycles. The zero-order chi connectivity index (χ0) is 11.8.